The Bertz CT molecular complexity index is 1310. The average molecular weight is 324 g/mol. The Balaban J connectivity index is 2.18. The van der Waals surface area contributed by atoms with Crippen molar-refractivity contribution in [3.63, 3.8) is 0 Å². The number of hydrogen-bond acceptors (Lipinski definition) is 1. The molecule has 0 aliphatic heterocycles. The van der Waals surface area contributed by atoms with Crippen molar-refractivity contribution >= 4 is 32.7 Å². The predicted octanol–water partition coefficient (Wildman–Crippen LogP) is 4.64. The van der Waals surface area contributed by atoms with Crippen molar-refractivity contribution in [2.75, 3.05) is 0 Å². The Morgan fingerprint density at radius 3 is 2.04 bits per heavy atom. The summed E-state index contributed by atoms with van der Waals surface area (Å²) in [4.78, 5) is 13.2. The first-order chi connectivity index (χ1) is 12.3. The number of fused-ring (bicyclic) bond motifs is 5. The van der Waals surface area contributed by atoms with Gasteiger partial charge in [0, 0.05) is 23.5 Å². The fourth-order valence-electron chi connectivity index (χ4n) is 3.80. The maximum atomic E-state index is 13.2. The van der Waals surface area contributed by atoms with Gasteiger partial charge in [0.05, 0.1) is 21.9 Å². The first-order valence-electron chi connectivity index (χ1n) is 8.33. The SMILES string of the molecule is Cn1c(=O)c2c3ccccc3n(-c3ccccc3)c2c2ccccc21. The summed E-state index contributed by atoms with van der Waals surface area (Å²) in [5.74, 6) is 0. The molecule has 120 valence electrons. The highest BCUT2D eigenvalue weighted by Gasteiger charge is 2.18. The summed E-state index contributed by atoms with van der Waals surface area (Å²) < 4.78 is 3.95. The van der Waals surface area contributed by atoms with E-state index >= 15 is 0 Å². The molecule has 5 aromatic rings. The fraction of sp³-hybridized carbons (Fsp3) is 0.0455. The molecule has 0 unspecified atom stereocenters. The lowest BCUT2D eigenvalue weighted by Crippen LogP contribution is -2.17. The van der Waals surface area contributed by atoms with Crippen LogP contribution in [0, 0.1) is 0 Å². The van der Waals surface area contributed by atoms with E-state index in [1.54, 1.807) is 4.57 Å². The summed E-state index contributed by atoms with van der Waals surface area (Å²) in [6, 6.07) is 26.5. The number of benzene rings is 3. The number of pyridine rings is 1. The number of rotatable bonds is 1. The van der Waals surface area contributed by atoms with Crippen molar-refractivity contribution in [1.82, 2.24) is 9.13 Å². The smallest absolute Gasteiger partial charge is 0.260 e. The van der Waals surface area contributed by atoms with Gasteiger partial charge in [-0.25, -0.2) is 0 Å². The summed E-state index contributed by atoms with van der Waals surface area (Å²) in [5.41, 5.74) is 4.08. The molecule has 2 aromatic heterocycles. The minimum atomic E-state index is 0.0413. The van der Waals surface area contributed by atoms with Crippen molar-refractivity contribution in [3.8, 4) is 5.69 Å². The van der Waals surface area contributed by atoms with E-state index in [4.69, 9.17) is 0 Å². The van der Waals surface area contributed by atoms with Crippen molar-refractivity contribution in [1.29, 1.82) is 0 Å². The van der Waals surface area contributed by atoms with E-state index in [9.17, 15) is 4.79 Å². The Kier molecular flexibility index (Phi) is 2.86. The molecule has 0 aliphatic carbocycles. The molecular formula is C22H16N2O. The van der Waals surface area contributed by atoms with E-state index in [-0.39, 0.29) is 5.56 Å². The van der Waals surface area contributed by atoms with Gasteiger partial charge in [-0.05, 0) is 24.3 Å². The zero-order chi connectivity index (χ0) is 17.0. The maximum absolute atomic E-state index is 13.2. The highest BCUT2D eigenvalue weighted by atomic mass is 16.1. The summed E-state index contributed by atoms with van der Waals surface area (Å²) in [5, 5.41) is 2.85. The lowest BCUT2D eigenvalue weighted by molar-refractivity contribution is 0.918. The third kappa shape index (κ3) is 1.83. The van der Waals surface area contributed by atoms with Crippen LogP contribution in [0.4, 0.5) is 0 Å². The molecule has 0 saturated carbocycles. The summed E-state index contributed by atoms with van der Waals surface area (Å²) >= 11 is 0. The molecule has 0 bridgehead atoms. The lowest BCUT2D eigenvalue weighted by Gasteiger charge is -2.11. The second-order valence-electron chi connectivity index (χ2n) is 6.29. The molecule has 0 fully saturated rings. The normalized spacial score (nSPS) is 11.6. The highest BCUT2D eigenvalue weighted by molar-refractivity contribution is 6.17. The molecule has 0 radical (unpaired) electrons. The molecule has 3 nitrogen and oxygen atoms in total. The van der Waals surface area contributed by atoms with Gasteiger partial charge in [0.25, 0.3) is 5.56 Å². The van der Waals surface area contributed by atoms with Gasteiger partial charge < -0.3 is 9.13 Å². The third-order valence-electron chi connectivity index (χ3n) is 4.93. The quantitative estimate of drug-likeness (QED) is 0.441. The first-order valence-corrected chi connectivity index (χ1v) is 8.33. The zero-order valence-corrected chi connectivity index (χ0v) is 13.8. The number of aromatic nitrogens is 2. The largest absolute Gasteiger partial charge is 0.311 e. The van der Waals surface area contributed by atoms with E-state index in [1.807, 2.05) is 61.6 Å². The van der Waals surface area contributed by atoms with Crippen LogP contribution in [0.25, 0.3) is 38.4 Å². The highest BCUT2D eigenvalue weighted by Crippen LogP contribution is 2.34. The molecule has 0 aliphatic rings. The summed E-state index contributed by atoms with van der Waals surface area (Å²) in [6.07, 6.45) is 0. The lowest BCUT2D eigenvalue weighted by atomic mass is 10.1. The fourth-order valence-corrected chi connectivity index (χ4v) is 3.80. The Morgan fingerprint density at radius 1 is 0.680 bits per heavy atom. The van der Waals surface area contributed by atoms with Crippen LogP contribution in [-0.4, -0.2) is 9.13 Å². The van der Waals surface area contributed by atoms with Gasteiger partial charge in [-0.1, -0.05) is 54.6 Å². The molecule has 3 aromatic carbocycles. The molecule has 0 atom stereocenters. The third-order valence-corrected chi connectivity index (χ3v) is 4.93. The van der Waals surface area contributed by atoms with Gasteiger partial charge in [0.15, 0.2) is 0 Å². The molecular weight excluding hydrogens is 308 g/mol. The van der Waals surface area contributed by atoms with Crippen LogP contribution in [0.1, 0.15) is 0 Å². The van der Waals surface area contributed by atoms with Crippen LogP contribution >= 0.6 is 0 Å². The van der Waals surface area contributed by atoms with Crippen LogP contribution in [0.15, 0.2) is 83.7 Å². The maximum Gasteiger partial charge on any atom is 0.260 e. The van der Waals surface area contributed by atoms with E-state index < -0.39 is 0 Å². The van der Waals surface area contributed by atoms with E-state index in [0.717, 1.165) is 38.4 Å². The topological polar surface area (TPSA) is 26.9 Å². The minimum absolute atomic E-state index is 0.0413. The van der Waals surface area contributed by atoms with Crippen LogP contribution in [0.2, 0.25) is 0 Å². The van der Waals surface area contributed by atoms with E-state index in [0.29, 0.717) is 0 Å². The number of hydrogen-bond donors (Lipinski definition) is 0. The Hall–Kier alpha value is -3.33. The van der Waals surface area contributed by atoms with Gasteiger partial charge in [-0.2, -0.15) is 0 Å². The van der Waals surface area contributed by atoms with Crippen LogP contribution < -0.4 is 5.56 Å². The van der Waals surface area contributed by atoms with Crippen LogP contribution in [0.3, 0.4) is 0 Å². The minimum Gasteiger partial charge on any atom is -0.311 e. The van der Waals surface area contributed by atoms with Gasteiger partial charge in [0.2, 0.25) is 0 Å². The van der Waals surface area contributed by atoms with Gasteiger partial charge in [-0.3, -0.25) is 4.79 Å². The Morgan fingerprint density at radius 2 is 1.28 bits per heavy atom. The number of aryl methyl sites for hydroxylation is 1. The number of nitrogens with zero attached hydrogens (tertiary/aromatic N) is 2. The van der Waals surface area contributed by atoms with E-state index in [2.05, 4.69) is 28.8 Å². The average Bonchev–Trinajstić information content (AvgIpc) is 3.02. The van der Waals surface area contributed by atoms with Gasteiger partial charge >= 0.3 is 0 Å². The molecule has 0 N–H and O–H groups in total. The summed E-state index contributed by atoms with van der Waals surface area (Å²) in [7, 11) is 1.85. The molecule has 5 rings (SSSR count). The standard InChI is InChI=1S/C22H16N2O/c1-23-18-13-7-6-12-17(18)21-20(22(23)25)16-11-5-8-14-19(16)24(21)15-9-3-2-4-10-15/h2-14H,1H3. The van der Waals surface area contributed by atoms with Crippen molar-refractivity contribution in [2.45, 2.75) is 0 Å². The predicted molar refractivity (Wildman–Crippen MR) is 104 cm³/mol. The molecule has 0 saturated heterocycles. The molecule has 2 heterocycles. The number of para-hydroxylation sites is 3. The van der Waals surface area contributed by atoms with Crippen LogP contribution in [0.5, 0.6) is 0 Å². The second-order valence-corrected chi connectivity index (χ2v) is 6.29. The molecule has 0 spiro atoms. The first kappa shape index (κ1) is 14.1. The monoisotopic (exact) mass is 324 g/mol. The second kappa shape index (κ2) is 5.08. The molecule has 25 heavy (non-hydrogen) atoms. The van der Waals surface area contributed by atoms with Crippen molar-refractivity contribution < 1.29 is 0 Å². The van der Waals surface area contributed by atoms with E-state index in [1.165, 1.54) is 0 Å². The Labute approximate surface area is 144 Å². The van der Waals surface area contributed by atoms with Crippen molar-refractivity contribution in [3.05, 3.63) is 89.2 Å². The van der Waals surface area contributed by atoms with Crippen molar-refractivity contribution in [2.24, 2.45) is 7.05 Å². The molecule has 0 amide bonds. The van der Waals surface area contributed by atoms with Gasteiger partial charge in [0.1, 0.15) is 0 Å². The zero-order valence-electron chi connectivity index (χ0n) is 13.8. The van der Waals surface area contributed by atoms with Gasteiger partial charge in [-0.15, -0.1) is 0 Å². The summed E-state index contributed by atoms with van der Waals surface area (Å²) in [6.45, 7) is 0. The molecule has 3 heteroatoms. The van der Waals surface area contributed by atoms with Crippen LogP contribution in [-0.2, 0) is 7.05 Å².